The highest BCUT2D eigenvalue weighted by atomic mass is 16.5. The lowest BCUT2D eigenvalue weighted by Crippen LogP contribution is -2.13. The first-order valence-corrected chi connectivity index (χ1v) is 5.73. The summed E-state index contributed by atoms with van der Waals surface area (Å²) in [5.74, 6) is 0. The van der Waals surface area contributed by atoms with E-state index in [9.17, 15) is 0 Å². The van der Waals surface area contributed by atoms with Crippen LogP contribution in [0, 0.1) is 0 Å². The normalized spacial score (nSPS) is 10.9. The van der Waals surface area contributed by atoms with Gasteiger partial charge in [0.1, 0.15) is 0 Å². The molecule has 0 bridgehead atoms. The summed E-state index contributed by atoms with van der Waals surface area (Å²) in [6, 6.07) is 4.19. The van der Waals surface area contributed by atoms with Crippen molar-refractivity contribution in [2.45, 2.75) is 19.5 Å². The Morgan fingerprint density at radius 1 is 1.31 bits per heavy atom. The minimum atomic E-state index is 0.759. The SMILES string of the molecule is CNCc1cccn1CCOCCCOC. The summed E-state index contributed by atoms with van der Waals surface area (Å²) in [5.41, 5.74) is 1.29. The Balaban J connectivity index is 2.13. The molecule has 1 rings (SSSR count). The van der Waals surface area contributed by atoms with Crippen molar-refractivity contribution in [3.63, 3.8) is 0 Å². The topological polar surface area (TPSA) is 35.4 Å². The molecule has 0 amide bonds. The summed E-state index contributed by atoms with van der Waals surface area (Å²) in [4.78, 5) is 0. The molecule has 16 heavy (non-hydrogen) atoms. The Kier molecular flexibility index (Phi) is 6.88. The molecule has 0 aliphatic rings. The molecule has 92 valence electrons. The third-order valence-electron chi connectivity index (χ3n) is 2.40. The van der Waals surface area contributed by atoms with Crippen molar-refractivity contribution in [1.29, 1.82) is 0 Å². The largest absolute Gasteiger partial charge is 0.385 e. The molecule has 4 nitrogen and oxygen atoms in total. The molecule has 0 atom stereocenters. The molecule has 0 aromatic carbocycles. The lowest BCUT2D eigenvalue weighted by atomic mass is 10.4. The van der Waals surface area contributed by atoms with Crippen molar-refractivity contribution in [2.24, 2.45) is 0 Å². The van der Waals surface area contributed by atoms with Gasteiger partial charge in [-0.25, -0.2) is 0 Å². The van der Waals surface area contributed by atoms with Gasteiger partial charge in [-0.1, -0.05) is 0 Å². The zero-order chi connectivity index (χ0) is 11.6. The minimum absolute atomic E-state index is 0.759. The molecule has 1 aromatic rings. The first-order valence-electron chi connectivity index (χ1n) is 5.73. The molecule has 1 heterocycles. The number of nitrogens with zero attached hydrogens (tertiary/aromatic N) is 1. The maximum Gasteiger partial charge on any atom is 0.0645 e. The number of hydrogen-bond acceptors (Lipinski definition) is 3. The van der Waals surface area contributed by atoms with E-state index in [0.717, 1.165) is 39.3 Å². The van der Waals surface area contributed by atoms with Gasteiger partial charge in [-0.05, 0) is 25.6 Å². The standard InChI is InChI=1S/C12H22N2O2/c1-13-11-12-5-3-6-14(12)7-10-16-9-4-8-15-2/h3,5-6,13H,4,7-11H2,1-2H3. The molecule has 0 saturated heterocycles. The molecule has 0 saturated carbocycles. The fourth-order valence-electron chi connectivity index (χ4n) is 1.58. The van der Waals surface area contributed by atoms with Crippen LogP contribution in [-0.2, 0) is 22.6 Å². The second kappa shape index (κ2) is 8.33. The molecular weight excluding hydrogens is 204 g/mol. The van der Waals surface area contributed by atoms with E-state index in [4.69, 9.17) is 9.47 Å². The summed E-state index contributed by atoms with van der Waals surface area (Å²) >= 11 is 0. The van der Waals surface area contributed by atoms with Crippen LogP contribution in [-0.4, -0.2) is 38.5 Å². The first kappa shape index (κ1) is 13.2. The highest BCUT2D eigenvalue weighted by Crippen LogP contribution is 2.01. The van der Waals surface area contributed by atoms with Gasteiger partial charge in [0.15, 0.2) is 0 Å². The quantitative estimate of drug-likeness (QED) is 0.644. The highest BCUT2D eigenvalue weighted by Gasteiger charge is 1.98. The average Bonchev–Trinajstić information content (AvgIpc) is 2.72. The highest BCUT2D eigenvalue weighted by molar-refractivity contribution is 5.06. The summed E-state index contributed by atoms with van der Waals surface area (Å²) in [5, 5.41) is 3.15. The molecule has 0 fully saturated rings. The zero-order valence-electron chi connectivity index (χ0n) is 10.2. The van der Waals surface area contributed by atoms with Crippen LogP contribution in [0.25, 0.3) is 0 Å². The molecule has 0 radical (unpaired) electrons. The van der Waals surface area contributed by atoms with E-state index >= 15 is 0 Å². The van der Waals surface area contributed by atoms with Crippen molar-refractivity contribution in [1.82, 2.24) is 9.88 Å². The van der Waals surface area contributed by atoms with E-state index in [1.54, 1.807) is 7.11 Å². The summed E-state index contributed by atoms with van der Waals surface area (Å²) in [6.45, 7) is 4.12. The van der Waals surface area contributed by atoms with Crippen molar-refractivity contribution in [3.05, 3.63) is 24.0 Å². The van der Waals surface area contributed by atoms with E-state index in [2.05, 4.69) is 28.2 Å². The van der Waals surface area contributed by atoms with E-state index in [-0.39, 0.29) is 0 Å². The Hall–Kier alpha value is -0.840. The van der Waals surface area contributed by atoms with Gasteiger partial charge in [-0.2, -0.15) is 0 Å². The van der Waals surface area contributed by atoms with Crippen LogP contribution < -0.4 is 5.32 Å². The van der Waals surface area contributed by atoms with Crippen LogP contribution >= 0.6 is 0 Å². The maximum absolute atomic E-state index is 5.52. The van der Waals surface area contributed by atoms with E-state index < -0.39 is 0 Å². The van der Waals surface area contributed by atoms with Gasteiger partial charge in [0, 0.05) is 45.3 Å². The average molecular weight is 226 g/mol. The monoisotopic (exact) mass is 226 g/mol. The van der Waals surface area contributed by atoms with Gasteiger partial charge in [0.2, 0.25) is 0 Å². The number of nitrogens with one attached hydrogen (secondary N) is 1. The lowest BCUT2D eigenvalue weighted by molar-refractivity contribution is 0.0973. The third-order valence-corrected chi connectivity index (χ3v) is 2.40. The third kappa shape index (κ3) is 4.79. The number of aromatic nitrogens is 1. The fraction of sp³-hybridized carbons (Fsp3) is 0.667. The van der Waals surface area contributed by atoms with E-state index in [1.807, 2.05) is 7.05 Å². The molecule has 0 spiro atoms. The summed E-state index contributed by atoms with van der Waals surface area (Å²) in [7, 11) is 3.67. The Labute approximate surface area is 97.5 Å². The van der Waals surface area contributed by atoms with Crippen molar-refractivity contribution in [3.8, 4) is 0 Å². The number of methoxy groups -OCH3 is 1. The first-order chi connectivity index (χ1) is 7.88. The molecule has 0 unspecified atom stereocenters. The number of rotatable bonds is 9. The second-order valence-electron chi connectivity index (χ2n) is 3.68. The molecular formula is C12H22N2O2. The Morgan fingerprint density at radius 2 is 2.19 bits per heavy atom. The van der Waals surface area contributed by atoms with Gasteiger partial charge in [0.25, 0.3) is 0 Å². The van der Waals surface area contributed by atoms with E-state index in [1.165, 1.54) is 5.69 Å². The molecule has 0 aliphatic heterocycles. The van der Waals surface area contributed by atoms with Crippen LogP contribution in [0.2, 0.25) is 0 Å². The van der Waals surface area contributed by atoms with Crippen LogP contribution in [0.1, 0.15) is 12.1 Å². The van der Waals surface area contributed by atoms with E-state index in [0.29, 0.717) is 0 Å². The fourth-order valence-corrected chi connectivity index (χ4v) is 1.58. The Bertz CT molecular complexity index is 274. The van der Waals surface area contributed by atoms with Crippen LogP contribution in [0.3, 0.4) is 0 Å². The van der Waals surface area contributed by atoms with Crippen LogP contribution in [0.5, 0.6) is 0 Å². The summed E-state index contributed by atoms with van der Waals surface area (Å²) in [6.07, 6.45) is 3.05. The van der Waals surface area contributed by atoms with Crippen LogP contribution in [0.4, 0.5) is 0 Å². The molecule has 1 N–H and O–H groups in total. The van der Waals surface area contributed by atoms with Crippen molar-refractivity contribution >= 4 is 0 Å². The van der Waals surface area contributed by atoms with Crippen molar-refractivity contribution in [2.75, 3.05) is 34.0 Å². The molecule has 1 aromatic heterocycles. The number of ether oxygens (including phenoxy) is 2. The summed E-state index contributed by atoms with van der Waals surface area (Å²) < 4.78 is 12.7. The van der Waals surface area contributed by atoms with Gasteiger partial charge in [0.05, 0.1) is 6.61 Å². The minimum Gasteiger partial charge on any atom is -0.385 e. The van der Waals surface area contributed by atoms with Gasteiger partial charge >= 0.3 is 0 Å². The second-order valence-corrected chi connectivity index (χ2v) is 3.68. The predicted octanol–water partition coefficient (Wildman–Crippen LogP) is 1.26. The Morgan fingerprint density at radius 3 is 2.94 bits per heavy atom. The molecule has 0 aliphatic carbocycles. The smallest absolute Gasteiger partial charge is 0.0645 e. The van der Waals surface area contributed by atoms with Gasteiger partial charge in [-0.3, -0.25) is 0 Å². The maximum atomic E-state index is 5.52. The number of hydrogen-bond donors (Lipinski definition) is 1. The van der Waals surface area contributed by atoms with Gasteiger partial charge < -0.3 is 19.4 Å². The van der Waals surface area contributed by atoms with Crippen molar-refractivity contribution < 1.29 is 9.47 Å². The predicted molar refractivity (Wildman–Crippen MR) is 64.5 cm³/mol. The molecule has 4 heteroatoms. The zero-order valence-corrected chi connectivity index (χ0v) is 10.2. The van der Waals surface area contributed by atoms with Gasteiger partial charge in [-0.15, -0.1) is 0 Å². The van der Waals surface area contributed by atoms with Crippen LogP contribution in [0.15, 0.2) is 18.3 Å². The lowest BCUT2D eigenvalue weighted by Gasteiger charge is -2.09.